The van der Waals surface area contributed by atoms with E-state index < -0.39 is 5.97 Å². The number of rotatable bonds is 7. The van der Waals surface area contributed by atoms with E-state index in [1.54, 1.807) is 0 Å². The van der Waals surface area contributed by atoms with Crippen LogP contribution in [-0.2, 0) is 9.53 Å². The molecule has 0 radical (unpaired) electrons. The van der Waals surface area contributed by atoms with Crippen LogP contribution in [0.1, 0.15) is 33.6 Å². The number of carbonyl (C=O) groups is 1. The molecule has 0 unspecified atom stereocenters. The van der Waals surface area contributed by atoms with Crippen molar-refractivity contribution in [3.8, 4) is 0 Å². The lowest BCUT2D eigenvalue weighted by atomic mass is 10.1. The highest BCUT2D eigenvalue weighted by Gasteiger charge is 2.03. The first kappa shape index (κ1) is 15.5. The summed E-state index contributed by atoms with van der Waals surface area (Å²) < 4.78 is 4.53. The molecule has 0 aromatic heterocycles. The number of allylic oxidation sites excluding steroid dienone is 3. The molecule has 3 nitrogen and oxygen atoms in total. The molecule has 0 atom stereocenters. The van der Waals surface area contributed by atoms with Crippen LogP contribution < -0.4 is 5.32 Å². The molecule has 0 aliphatic heterocycles. The highest BCUT2D eigenvalue weighted by Crippen LogP contribution is 2.05. The molecule has 0 aliphatic carbocycles. The lowest BCUT2D eigenvalue weighted by Gasteiger charge is -2.05. The monoisotopic (exact) mass is 237 g/mol. The summed E-state index contributed by atoms with van der Waals surface area (Å²) in [7, 11) is 1.34. The fourth-order valence-corrected chi connectivity index (χ4v) is 1.23. The topological polar surface area (TPSA) is 38.3 Å². The average molecular weight is 237 g/mol. The molecule has 0 spiro atoms. The van der Waals surface area contributed by atoms with Crippen LogP contribution in [0, 0.1) is 0 Å². The Morgan fingerprint density at radius 2 is 1.94 bits per heavy atom. The van der Waals surface area contributed by atoms with E-state index in [-0.39, 0.29) is 0 Å². The Labute approximate surface area is 104 Å². The van der Waals surface area contributed by atoms with Crippen molar-refractivity contribution in [2.75, 3.05) is 13.7 Å². The molecule has 17 heavy (non-hydrogen) atoms. The maximum absolute atomic E-state index is 11.0. The van der Waals surface area contributed by atoms with Crippen molar-refractivity contribution in [3.05, 3.63) is 35.6 Å². The van der Waals surface area contributed by atoms with Crippen LogP contribution >= 0.6 is 0 Å². The minimum atomic E-state index is -0.416. The molecular weight excluding hydrogens is 214 g/mol. The summed E-state index contributed by atoms with van der Waals surface area (Å²) in [6.07, 6.45) is 6.38. The van der Waals surface area contributed by atoms with Gasteiger partial charge in [-0.15, -0.1) is 0 Å². The van der Waals surface area contributed by atoms with Crippen molar-refractivity contribution >= 4 is 5.97 Å². The molecule has 1 N–H and O–H groups in total. The Hall–Kier alpha value is -1.51. The number of carbonyl (C=O) groups excluding carboxylic acids is 1. The van der Waals surface area contributed by atoms with Gasteiger partial charge >= 0.3 is 5.97 Å². The normalized spacial score (nSPS) is 10.7. The Bertz CT molecular complexity index is 323. The third-order valence-corrected chi connectivity index (χ3v) is 2.29. The molecule has 3 heteroatoms. The molecule has 0 aromatic rings. The maximum atomic E-state index is 11.0. The fraction of sp³-hybridized carbons (Fsp3) is 0.500. The molecule has 96 valence electrons. The summed E-state index contributed by atoms with van der Waals surface area (Å²) in [6.45, 7) is 10.5. The summed E-state index contributed by atoms with van der Waals surface area (Å²) >= 11 is 0. The second-order valence-corrected chi connectivity index (χ2v) is 4.22. The number of nitrogens with one attached hydrogen (secondary N) is 1. The molecule has 0 fully saturated rings. The van der Waals surface area contributed by atoms with Gasteiger partial charge < -0.3 is 10.1 Å². The lowest BCUT2D eigenvalue weighted by Crippen LogP contribution is -2.20. The van der Waals surface area contributed by atoms with E-state index in [4.69, 9.17) is 0 Å². The first-order valence-corrected chi connectivity index (χ1v) is 5.77. The van der Waals surface area contributed by atoms with Gasteiger partial charge in [0.25, 0.3) is 0 Å². The first-order chi connectivity index (χ1) is 7.97. The second-order valence-electron chi connectivity index (χ2n) is 4.22. The van der Waals surface area contributed by atoms with Crippen LogP contribution in [0.25, 0.3) is 0 Å². The van der Waals surface area contributed by atoms with Gasteiger partial charge in [-0.05, 0) is 33.6 Å². The van der Waals surface area contributed by atoms with Gasteiger partial charge in [0, 0.05) is 6.54 Å². The Morgan fingerprint density at radius 1 is 1.29 bits per heavy atom. The van der Waals surface area contributed by atoms with Gasteiger partial charge in [0.15, 0.2) is 0 Å². The van der Waals surface area contributed by atoms with Crippen LogP contribution in [0.15, 0.2) is 35.6 Å². The summed E-state index contributed by atoms with van der Waals surface area (Å²) in [5.74, 6) is -0.416. The van der Waals surface area contributed by atoms with Gasteiger partial charge in [-0.25, -0.2) is 4.79 Å². The van der Waals surface area contributed by atoms with Crippen molar-refractivity contribution in [1.29, 1.82) is 0 Å². The third kappa shape index (κ3) is 8.31. The minimum Gasteiger partial charge on any atom is -0.464 e. The second kappa shape index (κ2) is 8.62. The summed E-state index contributed by atoms with van der Waals surface area (Å²) in [5.41, 5.74) is 2.93. The van der Waals surface area contributed by atoms with Crippen LogP contribution in [0.4, 0.5) is 0 Å². The standard InChI is InChI=1S/C14H23NO2/c1-11(2)7-6-8-12(3)9-10-15-13(4)14(16)17-5/h7,9,15H,4,6,8,10H2,1-3,5H3/b12-9+. The number of methoxy groups -OCH3 is 1. The lowest BCUT2D eigenvalue weighted by molar-refractivity contribution is -0.136. The number of hydrogen-bond donors (Lipinski definition) is 1. The predicted octanol–water partition coefficient (Wildman–Crippen LogP) is 2.96. The molecule has 0 heterocycles. The first-order valence-electron chi connectivity index (χ1n) is 5.77. The maximum Gasteiger partial charge on any atom is 0.353 e. The van der Waals surface area contributed by atoms with Crippen LogP contribution in [0.2, 0.25) is 0 Å². The van der Waals surface area contributed by atoms with E-state index in [2.05, 4.69) is 49.6 Å². The van der Waals surface area contributed by atoms with E-state index in [0.29, 0.717) is 12.2 Å². The van der Waals surface area contributed by atoms with Crippen molar-refractivity contribution < 1.29 is 9.53 Å². The summed E-state index contributed by atoms with van der Waals surface area (Å²) in [5, 5.41) is 2.90. The van der Waals surface area contributed by atoms with Crippen LogP contribution in [-0.4, -0.2) is 19.6 Å². The highest BCUT2D eigenvalue weighted by atomic mass is 16.5. The third-order valence-electron chi connectivity index (χ3n) is 2.29. The molecule has 0 aromatic carbocycles. The number of hydrogen-bond acceptors (Lipinski definition) is 3. The molecule has 0 aliphatic rings. The van der Waals surface area contributed by atoms with E-state index >= 15 is 0 Å². The quantitative estimate of drug-likeness (QED) is 0.420. The van der Waals surface area contributed by atoms with E-state index in [0.717, 1.165) is 12.8 Å². The molecular formula is C14H23NO2. The molecule has 0 amide bonds. The molecule has 0 rings (SSSR count). The largest absolute Gasteiger partial charge is 0.464 e. The van der Waals surface area contributed by atoms with E-state index in [1.165, 1.54) is 18.3 Å². The van der Waals surface area contributed by atoms with Crippen LogP contribution in [0.5, 0.6) is 0 Å². The van der Waals surface area contributed by atoms with Gasteiger partial charge in [0.05, 0.1) is 7.11 Å². The number of ether oxygens (including phenoxy) is 1. The van der Waals surface area contributed by atoms with Gasteiger partial charge in [0.1, 0.15) is 5.70 Å². The van der Waals surface area contributed by atoms with Crippen molar-refractivity contribution in [1.82, 2.24) is 5.32 Å². The van der Waals surface area contributed by atoms with Gasteiger partial charge in [0.2, 0.25) is 0 Å². The van der Waals surface area contributed by atoms with Crippen molar-refractivity contribution in [2.45, 2.75) is 33.6 Å². The Morgan fingerprint density at radius 3 is 2.47 bits per heavy atom. The smallest absolute Gasteiger partial charge is 0.353 e. The van der Waals surface area contributed by atoms with Gasteiger partial charge in [-0.3, -0.25) is 0 Å². The van der Waals surface area contributed by atoms with E-state index in [9.17, 15) is 4.79 Å². The zero-order valence-electron chi connectivity index (χ0n) is 11.3. The molecule has 0 saturated carbocycles. The zero-order chi connectivity index (χ0) is 13.3. The van der Waals surface area contributed by atoms with Crippen molar-refractivity contribution in [2.24, 2.45) is 0 Å². The number of esters is 1. The predicted molar refractivity (Wildman–Crippen MR) is 71.6 cm³/mol. The SMILES string of the molecule is C=C(NC/C=C(\C)CCC=C(C)C)C(=O)OC. The van der Waals surface area contributed by atoms with Crippen molar-refractivity contribution in [3.63, 3.8) is 0 Å². The zero-order valence-corrected chi connectivity index (χ0v) is 11.3. The molecule has 0 saturated heterocycles. The summed E-state index contributed by atoms with van der Waals surface area (Å²) in [4.78, 5) is 11.0. The Kier molecular flexibility index (Phi) is 7.85. The van der Waals surface area contributed by atoms with Crippen LogP contribution in [0.3, 0.4) is 0 Å². The van der Waals surface area contributed by atoms with E-state index in [1.807, 2.05) is 0 Å². The minimum absolute atomic E-state index is 0.292. The molecule has 0 bridgehead atoms. The average Bonchev–Trinajstić information content (AvgIpc) is 2.27. The Balaban J connectivity index is 3.88. The summed E-state index contributed by atoms with van der Waals surface area (Å²) in [6, 6.07) is 0. The van der Waals surface area contributed by atoms with Gasteiger partial charge in [-0.1, -0.05) is 29.9 Å². The van der Waals surface area contributed by atoms with Gasteiger partial charge in [-0.2, -0.15) is 0 Å². The fourth-order valence-electron chi connectivity index (χ4n) is 1.23. The highest BCUT2D eigenvalue weighted by molar-refractivity contribution is 5.86.